The van der Waals surface area contributed by atoms with Crippen LogP contribution < -0.4 is 22.6 Å². The first-order valence-corrected chi connectivity index (χ1v) is 6.49. The third-order valence-electron chi connectivity index (χ3n) is 2.99. The van der Waals surface area contributed by atoms with E-state index >= 15 is 0 Å². The van der Waals surface area contributed by atoms with Crippen molar-refractivity contribution >= 4 is 12.1 Å². The van der Waals surface area contributed by atoms with Crippen molar-refractivity contribution in [1.29, 1.82) is 0 Å². The summed E-state index contributed by atoms with van der Waals surface area (Å²) in [5.41, 5.74) is 3.84. The van der Waals surface area contributed by atoms with Crippen molar-refractivity contribution in [2.45, 2.75) is 25.7 Å². The quantitative estimate of drug-likeness (QED) is 0.573. The normalized spacial score (nSPS) is 15.2. The molecule has 0 aromatic heterocycles. The van der Waals surface area contributed by atoms with E-state index in [2.05, 4.69) is 15.5 Å². The molecule has 5 nitrogen and oxygen atoms in total. The number of nitrogens with zero attached hydrogens (tertiary/aromatic N) is 2. The average molecular weight is 297 g/mol. The molecular formula is C14H19ClN3O2-. The standard InChI is InChI=1S/C14H19N3O2.ClH/c1-19-13-9-11(6-7-12(13)18)10-16-17-14-5-3-2-4-8-15-14;/h6-7,9-10,18H,2-5,8H2,1H3,(H,15,17);1H/p-1/b16-10+;. The van der Waals surface area contributed by atoms with Crippen LogP contribution in [0.2, 0.25) is 0 Å². The highest BCUT2D eigenvalue weighted by atomic mass is 35.5. The maximum Gasteiger partial charge on any atom is 0.161 e. The minimum absolute atomic E-state index is 0. The van der Waals surface area contributed by atoms with Crippen molar-refractivity contribution in [2.24, 2.45) is 10.1 Å². The molecule has 0 radical (unpaired) electrons. The molecular weight excluding hydrogens is 278 g/mol. The Bertz CT molecular complexity index is 489. The molecule has 110 valence electrons. The number of nitrogens with one attached hydrogen (secondary N) is 1. The van der Waals surface area contributed by atoms with Crippen LogP contribution in [0.3, 0.4) is 0 Å². The van der Waals surface area contributed by atoms with Gasteiger partial charge in [0.2, 0.25) is 0 Å². The Hall–Kier alpha value is -1.75. The molecule has 0 unspecified atom stereocenters. The Morgan fingerprint density at radius 3 is 3.00 bits per heavy atom. The average Bonchev–Trinajstić information content (AvgIpc) is 2.69. The molecule has 6 heteroatoms. The lowest BCUT2D eigenvalue weighted by atomic mass is 10.2. The molecule has 20 heavy (non-hydrogen) atoms. The van der Waals surface area contributed by atoms with Crippen molar-refractivity contribution < 1.29 is 22.3 Å². The second kappa shape index (κ2) is 8.43. The molecule has 1 aromatic rings. The van der Waals surface area contributed by atoms with Gasteiger partial charge in [0, 0.05) is 13.0 Å². The van der Waals surface area contributed by atoms with Crippen LogP contribution in [0.1, 0.15) is 31.2 Å². The zero-order chi connectivity index (χ0) is 13.5. The molecule has 1 heterocycles. The van der Waals surface area contributed by atoms with E-state index in [1.807, 2.05) is 0 Å². The third kappa shape index (κ3) is 4.74. The number of amidine groups is 1. The van der Waals surface area contributed by atoms with Crippen molar-refractivity contribution in [1.82, 2.24) is 5.43 Å². The summed E-state index contributed by atoms with van der Waals surface area (Å²) in [5.74, 6) is 1.51. The first-order valence-electron chi connectivity index (χ1n) is 6.49. The highest BCUT2D eigenvalue weighted by molar-refractivity contribution is 5.85. The summed E-state index contributed by atoms with van der Waals surface area (Å²) >= 11 is 0. The van der Waals surface area contributed by atoms with Crippen molar-refractivity contribution in [3.8, 4) is 11.5 Å². The number of aliphatic imine (C=N–C) groups is 1. The Morgan fingerprint density at radius 2 is 2.20 bits per heavy atom. The Labute approximate surface area is 125 Å². The van der Waals surface area contributed by atoms with Crippen molar-refractivity contribution in [3.63, 3.8) is 0 Å². The van der Waals surface area contributed by atoms with E-state index in [1.165, 1.54) is 13.5 Å². The molecule has 0 amide bonds. The third-order valence-corrected chi connectivity index (χ3v) is 2.99. The number of aromatic hydroxyl groups is 1. The van der Waals surface area contributed by atoms with Gasteiger partial charge in [0.05, 0.1) is 13.3 Å². The molecule has 2 rings (SSSR count). The van der Waals surface area contributed by atoms with Gasteiger partial charge in [0.1, 0.15) is 5.84 Å². The summed E-state index contributed by atoms with van der Waals surface area (Å²) in [5, 5.41) is 13.7. The zero-order valence-electron chi connectivity index (χ0n) is 11.5. The lowest BCUT2D eigenvalue weighted by Gasteiger charge is -2.04. The highest BCUT2D eigenvalue weighted by Gasteiger charge is 2.03. The van der Waals surface area contributed by atoms with Crippen LogP contribution in [-0.2, 0) is 0 Å². The van der Waals surface area contributed by atoms with Crippen LogP contribution in [-0.4, -0.2) is 30.8 Å². The number of halogens is 1. The molecule has 0 atom stereocenters. The van der Waals surface area contributed by atoms with Gasteiger partial charge in [0.15, 0.2) is 11.5 Å². The van der Waals surface area contributed by atoms with Crippen LogP contribution in [0.15, 0.2) is 28.3 Å². The van der Waals surface area contributed by atoms with Gasteiger partial charge < -0.3 is 22.3 Å². The number of hydrogen-bond acceptors (Lipinski definition) is 5. The lowest BCUT2D eigenvalue weighted by Crippen LogP contribution is -3.00. The highest BCUT2D eigenvalue weighted by Crippen LogP contribution is 2.25. The molecule has 0 saturated heterocycles. The largest absolute Gasteiger partial charge is 1.00 e. The summed E-state index contributed by atoms with van der Waals surface area (Å²) in [6.45, 7) is 0.880. The van der Waals surface area contributed by atoms with Crippen LogP contribution in [0.25, 0.3) is 0 Å². The minimum atomic E-state index is 0. The summed E-state index contributed by atoms with van der Waals surface area (Å²) < 4.78 is 5.04. The number of rotatable bonds is 3. The van der Waals surface area contributed by atoms with E-state index in [0.29, 0.717) is 5.75 Å². The SMILES string of the molecule is COc1cc(/C=N/NC2=NCCCCC2)ccc1O.[Cl-]. The van der Waals surface area contributed by atoms with Crippen LogP contribution >= 0.6 is 0 Å². The van der Waals surface area contributed by atoms with E-state index in [9.17, 15) is 5.11 Å². The Balaban J connectivity index is 0.00000200. The predicted octanol–water partition coefficient (Wildman–Crippen LogP) is -0.699. The second-order valence-corrected chi connectivity index (χ2v) is 4.44. The number of ether oxygens (including phenoxy) is 1. The summed E-state index contributed by atoms with van der Waals surface area (Å²) in [6, 6.07) is 5.09. The van der Waals surface area contributed by atoms with E-state index < -0.39 is 0 Å². The van der Waals surface area contributed by atoms with Gasteiger partial charge in [-0.2, -0.15) is 5.10 Å². The molecule has 1 aromatic carbocycles. The molecule has 0 aliphatic carbocycles. The molecule has 1 aliphatic rings. The predicted molar refractivity (Wildman–Crippen MR) is 76.2 cm³/mol. The summed E-state index contributed by atoms with van der Waals surface area (Å²) in [4.78, 5) is 4.43. The Morgan fingerprint density at radius 1 is 1.35 bits per heavy atom. The number of methoxy groups -OCH3 is 1. The van der Waals surface area contributed by atoms with Crippen LogP contribution in [0, 0.1) is 0 Å². The zero-order valence-corrected chi connectivity index (χ0v) is 12.2. The lowest BCUT2D eigenvalue weighted by molar-refractivity contribution is -0.00000519. The van der Waals surface area contributed by atoms with Gasteiger partial charge in [-0.1, -0.05) is 6.42 Å². The summed E-state index contributed by atoms with van der Waals surface area (Å²) in [7, 11) is 1.52. The molecule has 0 saturated carbocycles. The van der Waals surface area contributed by atoms with Crippen LogP contribution in [0.4, 0.5) is 0 Å². The van der Waals surface area contributed by atoms with Gasteiger partial charge in [-0.05, 0) is 36.6 Å². The number of benzene rings is 1. The number of phenolic OH excluding ortho intramolecular Hbond substituents is 1. The van der Waals surface area contributed by atoms with E-state index in [0.717, 1.165) is 37.2 Å². The van der Waals surface area contributed by atoms with Gasteiger partial charge in [-0.25, -0.2) is 0 Å². The maximum absolute atomic E-state index is 9.49. The van der Waals surface area contributed by atoms with Crippen LogP contribution in [0.5, 0.6) is 11.5 Å². The molecule has 2 N–H and O–H groups in total. The fourth-order valence-corrected chi connectivity index (χ4v) is 1.92. The van der Waals surface area contributed by atoms with Crippen molar-refractivity contribution in [2.75, 3.05) is 13.7 Å². The monoisotopic (exact) mass is 296 g/mol. The number of phenols is 1. The van der Waals surface area contributed by atoms with E-state index in [1.54, 1.807) is 24.4 Å². The van der Waals surface area contributed by atoms with Gasteiger partial charge in [-0.3, -0.25) is 10.4 Å². The summed E-state index contributed by atoms with van der Waals surface area (Å²) in [6.07, 6.45) is 6.19. The van der Waals surface area contributed by atoms with Gasteiger partial charge in [0.25, 0.3) is 0 Å². The molecule has 0 spiro atoms. The second-order valence-electron chi connectivity index (χ2n) is 4.44. The maximum atomic E-state index is 9.49. The first kappa shape index (κ1) is 16.3. The fraction of sp³-hybridized carbons (Fsp3) is 0.429. The van der Waals surface area contributed by atoms with Gasteiger partial charge in [-0.15, -0.1) is 0 Å². The molecule has 0 bridgehead atoms. The van der Waals surface area contributed by atoms with Crippen molar-refractivity contribution in [3.05, 3.63) is 23.8 Å². The Kier molecular flexibility index (Phi) is 6.87. The van der Waals surface area contributed by atoms with E-state index in [-0.39, 0.29) is 18.2 Å². The number of hydrogen-bond donors (Lipinski definition) is 2. The molecule has 0 fully saturated rings. The smallest absolute Gasteiger partial charge is 0.161 e. The topological polar surface area (TPSA) is 66.2 Å². The van der Waals surface area contributed by atoms with Gasteiger partial charge >= 0.3 is 0 Å². The minimum Gasteiger partial charge on any atom is -1.00 e. The first-order chi connectivity index (χ1) is 9.29. The van der Waals surface area contributed by atoms with E-state index in [4.69, 9.17) is 4.74 Å². The number of hydrazone groups is 1. The molecule has 1 aliphatic heterocycles. The fourth-order valence-electron chi connectivity index (χ4n) is 1.92.